The van der Waals surface area contributed by atoms with Crippen LogP contribution in [0.5, 0.6) is 0 Å². The first-order chi connectivity index (χ1) is 10.7. The van der Waals surface area contributed by atoms with Crippen molar-refractivity contribution in [3.05, 3.63) is 0 Å². The molecule has 0 spiro atoms. The number of aliphatic hydroxyl groups excluding tert-OH is 5. The van der Waals surface area contributed by atoms with E-state index in [0.29, 0.717) is 5.75 Å². The number of aliphatic hydroxyl groups is 5. The summed E-state index contributed by atoms with van der Waals surface area (Å²) in [5, 5.41) is 56.7. The summed E-state index contributed by atoms with van der Waals surface area (Å²) in [7, 11) is 0. The van der Waals surface area contributed by atoms with E-state index < -0.39 is 49.6 Å². The molecule has 13 heteroatoms. The molecule has 0 aromatic carbocycles. The number of nitrogens with zero attached hydrogens (tertiary/aromatic N) is 1. The van der Waals surface area contributed by atoms with E-state index in [1.54, 1.807) is 0 Å². The van der Waals surface area contributed by atoms with Gasteiger partial charge in [-0.15, -0.1) is 12.6 Å². The molecule has 0 radical (unpaired) electrons. The molecule has 140 valence electrons. The molecule has 25 heavy (non-hydrogen) atoms. The summed E-state index contributed by atoms with van der Waals surface area (Å²) in [6, 6.07) is -1.05. The van der Waals surface area contributed by atoms with Crippen LogP contribution in [-0.4, -0.2) is 161 Å². The van der Waals surface area contributed by atoms with E-state index in [2.05, 4.69) is 12.6 Å². The molecule has 0 aromatic heterocycles. The van der Waals surface area contributed by atoms with Gasteiger partial charge < -0.3 is 35.5 Å². The zero-order valence-corrected chi connectivity index (χ0v) is 15.0. The number of thioether (sulfide) groups is 1. The maximum atomic E-state index is 11.4. The van der Waals surface area contributed by atoms with Gasteiger partial charge in [-0.1, -0.05) is 12.2 Å². The first-order valence-electron chi connectivity index (χ1n) is 6.71. The number of hydrogen-bond donors (Lipinski definition) is 7. The van der Waals surface area contributed by atoms with Gasteiger partial charge in [-0.3, -0.25) is 0 Å². The monoisotopic (exact) mass is 437 g/mol. The first-order valence-corrected chi connectivity index (χ1v) is 8.96. The standard InChI is InChI=1S/C12H23NO7S3.2Na.2H/c1-23-3-2-6(11(19)20)13(12(21)22)4-7(15)9(17)10(18)8(16)5-14;;;;/h6-10,14-18H,2-5H2,1H3,(H,19,20)(H,21,22);;;;/t6-,7?,8?,9?,10?;;;;/m0..../s1. The first kappa shape index (κ1) is 31.6. The van der Waals surface area contributed by atoms with Gasteiger partial charge in [0, 0.05) is 6.54 Å². The molecule has 0 saturated heterocycles. The van der Waals surface area contributed by atoms with Gasteiger partial charge >= 0.3 is 65.1 Å². The Balaban J connectivity index is -0.00000242. The molecule has 0 aliphatic rings. The predicted molar refractivity (Wildman–Crippen MR) is 108 cm³/mol. The van der Waals surface area contributed by atoms with E-state index in [4.69, 9.17) is 17.3 Å². The number of rotatable bonds is 11. The van der Waals surface area contributed by atoms with Crippen LogP contribution in [0.15, 0.2) is 0 Å². The Bertz CT molecular complexity index is 398. The summed E-state index contributed by atoms with van der Waals surface area (Å²) in [6.45, 7) is -1.20. The van der Waals surface area contributed by atoms with Crippen molar-refractivity contribution in [3.63, 3.8) is 0 Å². The molecule has 0 fully saturated rings. The van der Waals surface area contributed by atoms with E-state index >= 15 is 0 Å². The minimum atomic E-state index is -1.79. The van der Waals surface area contributed by atoms with E-state index in [1.165, 1.54) is 11.8 Å². The van der Waals surface area contributed by atoms with Crippen LogP contribution in [0.4, 0.5) is 0 Å². The number of thiocarbonyl (C=S) groups is 1. The Morgan fingerprint density at radius 3 is 2.00 bits per heavy atom. The van der Waals surface area contributed by atoms with Crippen LogP contribution in [-0.2, 0) is 4.79 Å². The molecule has 0 heterocycles. The van der Waals surface area contributed by atoms with E-state index in [9.17, 15) is 30.3 Å². The summed E-state index contributed by atoms with van der Waals surface area (Å²) in [5.41, 5.74) is 0. The van der Waals surface area contributed by atoms with Crippen LogP contribution in [0, 0.1) is 0 Å². The summed E-state index contributed by atoms with van der Waals surface area (Å²) >= 11 is 10.3. The van der Waals surface area contributed by atoms with Gasteiger partial charge in [0.05, 0.1) is 6.61 Å². The molecular weight excluding hydrogens is 412 g/mol. The average molecular weight is 438 g/mol. The number of thiol groups is 1. The Labute approximate surface area is 206 Å². The molecule has 5 atom stereocenters. The molecule has 0 saturated carbocycles. The molecular formula is C12H25NNa2O7S3. The molecule has 0 amide bonds. The quantitative estimate of drug-likeness (QED) is 0.101. The second-order valence-corrected chi connectivity index (χ2v) is 6.97. The Morgan fingerprint density at radius 2 is 1.64 bits per heavy atom. The van der Waals surface area contributed by atoms with E-state index in [0.717, 1.165) is 4.90 Å². The van der Waals surface area contributed by atoms with Gasteiger partial charge in [-0.25, -0.2) is 4.79 Å². The van der Waals surface area contributed by atoms with Crippen LogP contribution in [0.25, 0.3) is 0 Å². The summed E-state index contributed by atoms with van der Waals surface area (Å²) in [4.78, 5) is 12.5. The maximum absolute atomic E-state index is 11.4. The van der Waals surface area contributed by atoms with Crippen LogP contribution in [0.1, 0.15) is 6.42 Å². The predicted octanol–water partition coefficient (Wildman–Crippen LogP) is -3.15. The Kier molecular flexibility index (Phi) is 21.2. The van der Waals surface area contributed by atoms with Gasteiger partial charge in [-0.2, -0.15) is 11.8 Å². The van der Waals surface area contributed by atoms with Crippen molar-refractivity contribution in [1.29, 1.82) is 0 Å². The van der Waals surface area contributed by atoms with Crippen molar-refractivity contribution in [2.75, 3.05) is 25.2 Å². The fraction of sp³-hybridized carbons (Fsp3) is 0.833. The van der Waals surface area contributed by atoms with Crippen LogP contribution in [0.3, 0.4) is 0 Å². The molecule has 8 nitrogen and oxygen atoms in total. The van der Waals surface area contributed by atoms with Gasteiger partial charge in [0.25, 0.3) is 0 Å². The van der Waals surface area contributed by atoms with Gasteiger partial charge in [-0.05, 0) is 18.4 Å². The van der Waals surface area contributed by atoms with Crippen molar-refractivity contribution < 1.29 is 35.4 Å². The number of aliphatic carboxylic acids is 1. The fourth-order valence-electron chi connectivity index (χ4n) is 1.85. The normalized spacial score (nSPS) is 16.4. The summed E-state index contributed by atoms with van der Waals surface area (Å²) in [5.74, 6) is -0.623. The van der Waals surface area contributed by atoms with Crippen molar-refractivity contribution in [3.8, 4) is 0 Å². The Morgan fingerprint density at radius 1 is 1.16 bits per heavy atom. The molecule has 6 N–H and O–H groups in total. The SMILES string of the molecule is CSCC[C@@H](C(=O)O)N(CC(O)C(O)C(O)C(O)CO)C(=S)S.[NaH].[NaH]. The van der Waals surface area contributed by atoms with Crippen molar-refractivity contribution in [1.82, 2.24) is 4.90 Å². The van der Waals surface area contributed by atoms with Gasteiger partial charge in [0.2, 0.25) is 0 Å². The molecule has 0 aromatic rings. The fourth-order valence-corrected chi connectivity index (χ4v) is 2.74. The van der Waals surface area contributed by atoms with E-state index in [1.807, 2.05) is 6.26 Å². The summed E-state index contributed by atoms with van der Waals surface area (Å²) in [6.07, 6.45) is -4.78. The third-order valence-electron chi connectivity index (χ3n) is 3.21. The van der Waals surface area contributed by atoms with Crippen LogP contribution < -0.4 is 0 Å². The number of carboxylic acid groups (broad SMARTS) is 1. The van der Waals surface area contributed by atoms with Crippen molar-refractivity contribution in [2.24, 2.45) is 0 Å². The number of hydrogen-bond acceptors (Lipinski definition) is 8. The summed E-state index contributed by atoms with van der Waals surface area (Å²) < 4.78 is -0.0815. The van der Waals surface area contributed by atoms with E-state index in [-0.39, 0.29) is 69.9 Å². The number of carbonyl (C=O) groups is 1. The molecule has 0 aliphatic carbocycles. The van der Waals surface area contributed by atoms with Gasteiger partial charge in [0.1, 0.15) is 34.8 Å². The third kappa shape index (κ3) is 11.4. The zero-order chi connectivity index (χ0) is 18.2. The van der Waals surface area contributed by atoms with Crippen molar-refractivity contribution in [2.45, 2.75) is 36.9 Å². The van der Waals surface area contributed by atoms with Gasteiger partial charge in [0.15, 0.2) is 0 Å². The second kappa shape index (κ2) is 16.8. The topological polar surface area (TPSA) is 142 Å². The van der Waals surface area contributed by atoms with Crippen LogP contribution in [0.2, 0.25) is 0 Å². The number of carboxylic acids is 1. The molecule has 0 aliphatic heterocycles. The molecule has 0 rings (SSSR count). The van der Waals surface area contributed by atoms with Crippen LogP contribution >= 0.6 is 36.6 Å². The second-order valence-electron chi connectivity index (χ2n) is 4.87. The minimum absolute atomic E-state index is 0. The van der Waals surface area contributed by atoms with Crippen molar-refractivity contribution >= 4 is 106 Å². The third-order valence-corrected chi connectivity index (χ3v) is 4.35. The average Bonchev–Trinajstić information content (AvgIpc) is 2.50. The molecule has 0 bridgehead atoms. The zero-order valence-electron chi connectivity index (χ0n) is 12.5. The molecule has 4 unspecified atom stereocenters. The Hall–Kier alpha value is 1.86.